The van der Waals surface area contributed by atoms with E-state index in [1.54, 1.807) is 17.0 Å². The molecule has 4 heteroatoms. The molecule has 2 rings (SSSR count). The predicted octanol–water partition coefficient (Wildman–Crippen LogP) is 4.60. The highest BCUT2D eigenvalue weighted by atomic mass is 32.1. The third-order valence-corrected chi connectivity index (χ3v) is 3.95. The van der Waals surface area contributed by atoms with Gasteiger partial charge in [0.1, 0.15) is 12.0 Å². The first-order valence-corrected chi connectivity index (χ1v) is 7.83. The summed E-state index contributed by atoms with van der Waals surface area (Å²) in [5.41, 5.74) is 2.76. The number of rotatable bonds is 3. The Morgan fingerprint density at radius 2 is 1.78 bits per heavy atom. The number of aldehydes is 1. The van der Waals surface area contributed by atoms with E-state index in [4.69, 9.17) is 17.0 Å². The highest BCUT2D eigenvalue weighted by molar-refractivity contribution is 7.80. The second-order valence-corrected chi connectivity index (χ2v) is 6.76. The number of nitrogens with zero attached hydrogens (tertiary/aromatic N) is 1. The lowest BCUT2D eigenvalue weighted by molar-refractivity contribution is 0.112. The van der Waals surface area contributed by atoms with Gasteiger partial charge in [0, 0.05) is 18.3 Å². The molecular formula is C19H21NO2S. The van der Waals surface area contributed by atoms with E-state index in [1.165, 1.54) is 5.56 Å². The molecular weight excluding hydrogens is 306 g/mol. The van der Waals surface area contributed by atoms with Gasteiger partial charge in [-0.3, -0.25) is 4.79 Å². The van der Waals surface area contributed by atoms with E-state index in [0.717, 1.165) is 12.0 Å². The third kappa shape index (κ3) is 4.39. The monoisotopic (exact) mass is 327 g/mol. The molecule has 0 fully saturated rings. The highest BCUT2D eigenvalue weighted by Gasteiger charge is 2.14. The van der Waals surface area contributed by atoms with Crippen LogP contribution in [0.1, 0.15) is 36.7 Å². The van der Waals surface area contributed by atoms with Crippen molar-refractivity contribution in [1.29, 1.82) is 0 Å². The molecule has 2 aromatic carbocycles. The van der Waals surface area contributed by atoms with Gasteiger partial charge in [0.2, 0.25) is 0 Å². The number of thiocarbonyl (C=S) groups is 1. The van der Waals surface area contributed by atoms with Crippen molar-refractivity contribution in [2.45, 2.75) is 26.2 Å². The summed E-state index contributed by atoms with van der Waals surface area (Å²) in [5, 5.41) is 0.330. The Balaban J connectivity index is 2.10. The van der Waals surface area contributed by atoms with Gasteiger partial charge < -0.3 is 9.64 Å². The molecule has 0 saturated carbocycles. The third-order valence-electron chi connectivity index (χ3n) is 3.59. The zero-order valence-electron chi connectivity index (χ0n) is 13.9. The normalized spacial score (nSPS) is 11.0. The van der Waals surface area contributed by atoms with Crippen molar-refractivity contribution in [2.24, 2.45) is 0 Å². The molecule has 2 aromatic rings. The molecule has 0 spiro atoms. The number of ether oxygens (including phenoxy) is 1. The predicted molar refractivity (Wildman–Crippen MR) is 98.6 cm³/mol. The minimum atomic E-state index is 0.102. The molecule has 0 bridgehead atoms. The smallest absolute Gasteiger partial charge is 0.269 e. The van der Waals surface area contributed by atoms with E-state index < -0.39 is 0 Å². The molecule has 0 aromatic heterocycles. The Labute approximate surface area is 142 Å². The quantitative estimate of drug-likeness (QED) is 0.609. The Kier molecular flexibility index (Phi) is 5.16. The number of anilines is 1. The number of hydrogen-bond acceptors (Lipinski definition) is 3. The number of carbonyl (C=O) groups is 1. The summed E-state index contributed by atoms with van der Waals surface area (Å²) in [6.07, 6.45) is 0.812. The van der Waals surface area contributed by atoms with Crippen LogP contribution in [0.5, 0.6) is 5.75 Å². The number of hydrogen-bond donors (Lipinski definition) is 0. The summed E-state index contributed by atoms with van der Waals surface area (Å²) < 4.78 is 5.74. The van der Waals surface area contributed by atoms with Crippen LogP contribution in [-0.4, -0.2) is 18.5 Å². The summed E-state index contributed by atoms with van der Waals surface area (Å²) in [6.45, 7) is 6.50. The van der Waals surface area contributed by atoms with Crippen molar-refractivity contribution >= 4 is 29.4 Å². The summed E-state index contributed by atoms with van der Waals surface area (Å²) >= 11 is 5.34. The Morgan fingerprint density at radius 3 is 2.35 bits per heavy atom. The van der Waals surface area contributed by atoms with E-state index in [2.05, 4.69) is 20.8 Å². The van der Waals surface area contributed by atoms with E-state index in [9.17, 15) is 4.79 Å². The second kappa shape index (κ2) is 6.92. The van der Waals surface area contributed by atoms with Gasteiger partial charge in [-0.25, -0.2) is 0 Å². The lowest BCUT2D eigenvalue weighted by Gasteiger charge is -2.21. The molecule has 0 amide bonds. The van der Waals surface area contributed by atoms with E-state index >= 15 is 0 Å². The van der Waals surface area contributed by atoms with Crippen LogP contribution < -0.4 is 9.64 Å². The van der Waals surface area contributed by atoms with Gasteiger partial charge in [-0.1, -0.05) is 45.0 Å². The van der Waals surface area contributed by atoms with Crippen LogP contribution in [0.4, 0.5) is 5.69 Å². The molecule has 0 atom stereocenters. The lowest BCUT2D eigenvalue weighted by Crippen LogP contribution is -2.29. The summed E-state index contributed by atoms with van der Waals surface area (Å²) in [4.78, 5) is 12.6. The maximum atomic E-state index is 10.9. The van der Waals surface area contributed by atoms with E-state index in [0.29, 0.717) is 16.5 Å². The molecule has 0 radical (unpaired) electrons. The average molecular weight is 327 g/mol. The fraction of sp³-hybridized carbons (Fsp3) is 0.263. The van der Waals surface area contributed by atoms with Crippen LogP contribution in [0.15, 0.2) is 48.5 Å². The zero-order chi connectivity index (χ0) is 17.0. The molecule has 0 unspecified atom stereocenters. The van der Waals surface area contributed by atoms with Crippen LogP contribution >= 0.6 is 12.2 Å². The van der Waals surface area contributed by atoms with Gasteiger partial charge in [0.15, 0.2) is 0 Å². The van der Waals surface area contributed by atoms with Crippen molar-refractivity contribution in [3.8, 4) is 5.75 Å². The van der Waals surface area contributed by atoms with Gasteiger partial charge in [-0.2, -0.15) is 0 Å². The summed E-state index contributed by atoms with van der Waals surface area (Å²) in [7, 11) is 1.82. The minimum Gasteiger partial charge on any atom is -0.432 e. The molecule has 23 heavy (non-hydrogen) atoms. The Hall–Kier alpha value is -2.20. The highest BCUT2D eigenvalue weighted by Crippen LogP contribution is 2.25. The first-order chi connectivity index (χ1) is 10.8. The van der Waals surface area contributed by atoms with Gasteiger partial charge >= 0.3 is 0 Å². The maximum absolute atomic E-state index is 10.9. The largest absolute Gasteiger partial charge is 0.432 e. The molecule has 0 heterocycles. The number of carbonyl (C=O) groups excluding carboxylic acids is 1. The summed E-state index contributed by atoms with van der Waals surface area (Å²) in [5.74, 6) is 0.696. The minimum absolute atomic E-state index is 0.102. The lowest BCUT2D eigenvalue weighted by atomic mass is 9.87. The SMILES string of the molecule is CN(C(=S)Oc1ccc(C(C)(C)C)cc1)c1cccc(C=O)c1. The van der Waals surface area contributed by atoms with E-state index in [1.807, 2.05) is 43.4 Å². The molecule has 0 aliphatic rings. The van der Waals surface area contributed by atoms with Gasteiger partial charge in [0.25, 0.3) is 5.17 Å². The standard InChI is InChI=1S/C19H21NO2S/c1-19(2,3)15-8-10-17(11-9-15)22-18(23)20(4)16-7-5-6-14(12-16)13-21/h5-13H,1-4H3. The van der Waals surface area contributed by atoms with Crippen molar-refractivity contribution in [2.75, 3.05) is 11.9 Å². The first kappa shape index (κ1) is 17.2. The van der Waals surface area contributed by atoms with Crippen LogP contribution in [0.25, 0.3) is 0 Å². The van der Waals surface area contributed by atoms with Crippen molar-refractivity contribution in [3.05, 3.63) is 59.7 Å². The average Bonchev–Trinajstić information content (AvgIpc) is 2.53. The topological polar surface area (TPSA) is 29.5 Å². The zero-order valence-corrected chi connectivity index (χ0v) is 14.7. The van der Waals surface area contributed by atoms with Crippen LogP contribution in [0.2, 0.25) is 0 Å². The molecule has 0 saturated heterocycles. The number of benzene rings is 2. The van der Waals surface area contributed by atoms with Crippen molar-refractivity contribution in [1.82, 2.24) is 0 Å². The fourth-order valence-corrected chi connectivity index (χ4v) is 2.31. The van der Waals surface area contributed by atoms with Crippen LogP contribution in [-0.2, 0) is 5.41 Å². The second-order valence-electron chi connectivity index (χ2n) is 6.41. The van der Waals surface area contributed by atoms with Crippen molar-refractivity contribution < 1.29 is 9.53 Å². The van der Waals surface area contributed by atoms with Gasteiger partial charge in [0.05, 0.1) is 0 Å². The van der Waals surface area contributed by atoms with Crippen LogP contribution in [0, 0.1) is 0 Å². The van der Waals surface area contributed by atoms with Crippen molar-refractivity contribution in [3.63, 3.8) is 0 Å². The molecule has 0 aliphatic heterocycles. The van der Waals surface area contributed by atoms with Gasteiger partial charge in [-0.15, -0.1) is 0 Å². The van der Waals surface area contributed by atoms with Crippen LogP contribution in [0.3, 0.4) is 0 Å². The molecule has 0 aliphatic carbocycles. The fourth-order valence-electron chi connectivity index (χ4n) is 2.10. The van der Waals surface area contributed by atoms with Gasteiger partial charge in [-0.05, 0) is 47.5 Å². The summed E-state index contributed by atoms with van der Waals surface area (Å²) in [6, 6.07) is 15.1. The molecule has 120 valence electrons. The Bertz CT molecular complexity index is 702. The molecule has 0 N–H and O–H groups in total. The maximum Gasteiger partial charge on any atom is 0.269 e. The first-order valence-electron chi connectivity index (χ1n) is 7.42. The van der Waals surface area contributed by atoms with E-state index in [-0.39, 0.29) is 5.41 Å². The Morgan fingerprint density at radius 1 is 1.13 bits per heavy atom. The molecule has 3 nitrogen and oxygen atoms in total.